The standard InChI is InChI=1S/C8H9BrNO.BrH/c9-6-5-10-4-2-1-3-7(10)8(6)11;/h1-4,6,8,11H,5H2;1H/q+1;/p-1/t6-,8+;/m0./s1. The monoisotopic (exact) mass is 293 g/mol. The Morgan fingerprint density at radius 3 is 2.92 bits per heavy atom. The first-order valence-electron chi connectivity index (χ1n) is 3.59. The molecular formula is C8H9Br2NO. The first kappa shape index (κ1) is 10.2. The van der Waals surface area contributed by atoms with Crippen LogP contribution in [0.15, 0.2) is 24.4 Å². The third-order valence-corrected chi connectivity index (χ3v) is 2.78. The molecule has 1 aromatic heterocycles. The van der Waals surface area contributed by atoms with Crippen LogP contribution in [0.4, 0.5) is 0 Å². The Hall–Kier alpha value is 0.0700. The molecule has 1 aliphatic heterocycles. The van der Waals surface area contributed by atoms with Gasteiger partial charge in [-0.3, -0.25) is 0 Å². The lowest BCUT2D eigenvalue weighted by atomic mass is 10.2. The highest BCUT2D eigenvalue weighted by Gasteiger charge is 2.35. The molecule has 0 aromatic carbocycles. The van der Waals surface area contributed by atoms with E-state index in [0.29, 0.717) is 0 Å². The quantitative estimate of drug-likeness (QED) is 0.426. The van der Waals surface area contributed by atoms with E-state index in [-0.39, 0.29) is 27.9 Å². The number of aliphatic hydroxyl groups excluding tert-OH is 1. The first-order chi connectivity index (χ1) is 5.29. The van der Waals surface area contributed by atoms with E-state index in [1.807, 2.05) is 24.4 Å². The number of aromatic nitrogens is 1. The lowest BCUT2D eigenvalue weighted by molar-refractivity contribution is -0.690. The molecule has 66 valence electrons. The van der Waals surface area contributed by atoms with E-state index in [1.165, 1.54) is 0 Å². The van der Waals surface area contributed by atoms with Crippen LogP contribution >= 0.6 is 15.9 Å². The Bertz CT molecular complexity index is 280. The topological polar surface area (TPSA) is 24.1 Å². The van der Waals surface area contributed by atoms with Crippen LogP contribution in [-0.2, 0) is 6.54 Å². The van der Waals surface area contributed by atoms with Crippen LogP contribution in [0.1, 0.15) is 11.8 Å². The van der Waals surface area contributed by atoms with E-state index < -0.39 is 0 Å². The summed E-state index contributed by atoms with van der Waals surface area (Å²) < 4.78 is 2.06. The maximum absolute atomic E-state index is 9.58. The highest BCUT2D eigenvalue weighted by Crippen LogP contribution is 2.24. The summed E-state index contributed by atoms with van der Waals surface area (Å²) in [4.78, 5) is 0.171. The molecule has 0 aliphatic carbocycles. The van der Waals surface area contributed by atoms with Gasteiger partial charge in [-0.2, -0.15) is 4.57 Å². The average molecular weight is 295 g/mol. The molecule has 0 amide bonds. The van der Waals surface area contributed by atoms with E-state index in [4.69, 9.17) is 0 Å². The summed E-state index contributed by atoms with van der Waals surface area (Å²) in [7, 11) is 0. The molecule has 12 heavy (non-hydrogen) atoms. The molecule has 1 N–H and O–H groups in total. The minimum Gasteiger partial charge on any atom is -1.00 e. The zero-order valence-corrected chi connectivity index (χ0v) is 9.49. The zero-order valence-electron chi connectivity index (χ0n) is 6.32. The van der Waals surface area contributed by atoms with Crippen molar-refractivity contribution in [2.75, 3.05) is 0 Å². The molecule has 0 saturated heterocycles. The van der Waals surface area contributed by atoms with Gasteiger partial charge in [-0.1, -0.05) is 22.0 Å². The van der Waals surface area contributed by atoms with E-state index in [9.17, 15) is 5.11 Å². The van der Waals surface area contributed by atoms with Crippen molar-refractivity contribution in [2.45, 2.75) is 17.5 Å². The number of rotatable bonds is 0. The molecule has 0 spiro atoms. The Morgan fingerprint density at radius 1 is 1.50 bits per heavy atom. The van der Waals surface area contributed by atoms with Crippen LogP contribution in [0.3, 0.4) is 0 Å². The van der Waals surface area contributed by atoms with Gasteiger partial charge in [0.15, 0.2) is 18.8 Å². The molecule has 2 rings (SSSR count). The van der Waals surface area contributed by atoms with Crippen molar-refractivity contribution in [1.82, 2.24) is 0 Å². The smallest absolute Gasteiger partial charge is 0.211 e. The third kappa shape index (κ3) is 1.56. The van der Waals surface area contributed by atoms with Gasteiger partial charge < -0.3 is 22.1 Å². The molecule has 0 saturated carbocycles. The fourth-order valence-corrected chi connectivity index (χ4v) is 1.98. The molecule has 2 heterocycles. The SMILES string of the molecule is O[C@H]1c2cccc[n+]2C[C@@H]1Br.[Br-]. The van der Waals surface area contributed by atoms with Crippen molar-refractivity contribution in [3.8, 4) is 0 Å². The number of pyridine rings is 1. The normalized spacial score (nSPS) is 26.2. The largest absolute Gasteiger partial charge is 1.00 e. The van der Waals surface area contributed by atoms with Gasteiger partial charge in [-0.15, -0.1) is 0 Å². The average Bonchev–Trinajstić information content (AvgIpc) is 2.30. The van der Waals surface area contributed by atoms with Gasteiger partial charge >= 0.3 is 0 Å². The Kier molecular flexibility index (Phi) is 3.26. The number of hydrogen-bond acceptors (Lipinski definition) is 1. The summed E-state index contributed by atoms with van der Waals surface area (Å²) in [5.41, 5.74) is 0.995. The highest BCUT2D eigenvalue weighted by molar-refractivity contribution is 9.09. The minimum absolute atomic E-state index is 0. The second-order valence-corrected chi connectivity index (χ2v) is 3.91. The highest BCUT2D eigenvalue weighted by atomic mass is 79.9. The molecule has 2 nitrogen and oxygen atoms in total. The predicted molar refractivity (Wildman–Crippen MR) is 44.3 cm³/mol. The minimum atomic E-state index is -0.351. The van der Waals surface area contributed by atoms with Gasteiger partial charge in [-0.05, 0) is 0 Å². The molecular weight excluding hydrogens is 286 g/mol. The Morgan fingerprint density at radius 2 is 2.25 bits per heavy atom. The van der Waals surface area contributed by atoms with Crippen LogP contribution in [0, 0.1) is 0 Å². The molecule has 1 aromatic rings. The van der Waals surface area contributed by atoms with E-state index in [0.717, 1.165) is 12.2 Å². The fourth-order valence-electron chi connectivity index (χ4n) is 1.40. The molecule has 4 heteroatoms. The van der Waals surface area contributed by atoms with Gasteiger partial charge in [0.25, 0.3) is 0 Å². The summed E-state index contributed by atoms with van der Waals surface area (Å²) in [6.45, 7) is 0.858. The Balaban J connectivity index is 0.000000720. The number of aliphatic hydroxyl groups is 1. The lowest BCUT2D eigenvalue weighted by Gasteiger charge is -1.97. The number of alkyl halides is 1. The second kappa shape index (κ2) is 3.85. The van der Waals surface area contributed by atoms with E-state index in [1.54, 1.807) is 0 Å². The summed E-state index contributed by atoms with van der Waals surface area (Å²) in [6, 6.07) is 5.87. The second-order valence-electron chi connectivity index (χ2n) is 2.74. The van der Waals surface area contributed by atoms with E-state index >= 15 is 0 Å². The number of hydrogen-bond donors (Lipinski definition) is 1. The zero-order chi connectivity index (χ0) is 7.84. The van der Waals surface area contributed by atoms with Crippen molar-refractivity contribution in [1.29, 1.82) is 0 Å². The van der Waals surface area contributed by atoms with Crippen LogP contribution in [-0.4, -0.2) is 9.93 Å². The maximum Gasteiger partial charge on any atom is 0.211 e. The van der Waals surface area contributed by atoms with Crippen molar-refractivity contribution in [3.63, 3.8) is 0 Å². The molecule has 0 bridgehead atoms. The lowest BCUT2D eigenvalue weighted by Crippen LogP contribution is -3.00. The van der Waals surface area contributed by atoms with Gasteiger partial charge in [0.2, 0.25) is 5.69 Å². The van der Waals surface area contributed by atoms with Crippen LogP contribution in [0.2, 0.25) is 0 Å². The summed E-state index contributed by atoms with van der Waals surface area (Å²) >= 11 is 3.41. The van der Waals surface area contributed by atoms with Crippen molar-refractivity contribution in [2.24, 2.45) is 0 Å². The predicted octanol–water partition coefficient (Wildman–Crippen LogP) is -2.21. The third-order valence-electron chi connectivity index (χ3n) is 1.99. The van der Waals surface area contributed by atoms with Crippen LogP contribution < -0.4 is 21.5 Å². The summed E-state index contributed by atoms with van der Waals surface area (Å²) in [5.74, 6) is 0. The molecule has 1 aliphatic rings. The summed E-state index contributed by atoms with van der Waals surface area (Å²) in [5, 5.41) is 9.58. The number of fused-ring (bicyclic) bond motifs is 1. The maximum atomic E-state index is 9.58. The van der Waals surface area contributed by atoms with Gasteiger partial charge in [0.05, 0.1) is 0 Å². The molecule has 0 fully saturated rings. The molecule has 0 unspecified atom stereocenters. The number of halogens is 2. The summed E-state index contributed by atoms with van der Waals surface area (Å²) in [6.07, 6.45) is 1.64. The van der Waals surface area contributed by atoms with Crippen LogP contribution in [0.5, 0.6) is 0 Å². The first-order valence-corrected chi connectivity index (χ1v) is 4.51. The fraction of sp³-hybridized carbons (Fsp3) is 0.375. The Labute approximate surface area is 90.1 Å². The van der Waals surface area contributed by atoms with Crippen LogP contribution in [0.25, 0.3) is 0 Å². The molecule has 2 atom stereocenters. The van der Waals surface area contributed by atoms with Gasteiger partial charge in [0, 0.05) is 12.1 Å². The van der Waals surface area contributed by atoms with Crippen molar-refractivity contribution in [3.05, 3.63) is 30.1 Å². The van der Waals surface area contributed by atoms with E-state index in [2.05, 4.69) is 20.5 Å². The van der Waals surface area contributed by atoms with Crippen molar-refractivity contribution >= 4 is 15.9 Å². The van der Waals surface area contributed by atoms with Crippen molar-refractivity contribution < 1.29 is 26.7 Å². The van der Waals surface area contributed by atoms with Gasteiger partial charge in [-0.25, -0.2) is 0 Å². The molecule has 0 radical (unpaired) electrons. The number of nitrogens with zero attached hydrogens (tertiary/aromatic N) is 1. The van der Waals surface area contributed by atoms with Gasteiger partial charge in [0.1, 0.15) is 4.83 Å².